The van der Waals surface area contributed by atoms with Crippen LogP contribution in [0.2, 0.25) is 0 Å². The van der Waals surface area contributed by atoms with Gasteiger partial charge in [0, 0.05) is 12.1 Å². The van der Waals surface area contributed by atoms with Crippen molar-refractivity contribution in [1.82, 2.24) is 10.3 Å². The van der Waals surface area contributed by atoms with Crippen LogP contribution in [-0.4, -0.2) is 52.2 Å². The zero-order valence-corrected chi connectivity index (χ0v) is 22.5. The van der Waals surface area contributed by atoms with Crippen molar-refractivity contribution in [2.75, 3.05) is 13.6 Å². The second-order valence-corrected chi connectivity index (χ2v) is 11.4. The minimum absolute atomic E-state index is 0.0363. The van der Waals surface area contributed by atoms with Gasteiger partial charge in [-0.3, -0.25) is 0 Å². The number of thioether (sulfide) groups is 1. The molecule has 0 radical (unpaired) electrons. The maximum atomic E-state index is 14.8. The maximum absolute atomic E-state index is 14.8. The summed E-state index contributed by atoms with van der Waals surface area (Å²) in [5.74, 6) is -1.27. The molecule has 0 bridgehead atoms. The average Bonchev–Trinajstić information content (AvgIpc) is 3.48. The fourth-order valence-electron chi connectivity index (χ4n) is 4.09. The van der Waals surface area contributed by atoms with E-state index in [2.05, 4.69) is 15.4 Å². The van der Waals surface area contributed by atoms with E-state index in [-0.39, 0.29) is 21.6 Å². The van der Waals surface area contributed by atoms with Gasteiger partial charge in [0.15, 0.2) is 0 Å². The molecule has 0 aromatic heterocycles. The summed E-state index contributed by atoms with van der Waals surface area (Å²) >= 11 is 1.18. The van der Waals surface area contributed by atoms with Gasteiger partial charge in [-0.05, 0) is 57.4 Å². The Hall–Kier alpha value is -3.57. The Kier molecular flexibility index (Phi) is 7.70. The number of ether oxygens (including phenoxy) is 1. The molecule has 4 rings (SSSR count). The molecule has 2 heterocycles. The van der Waals surface area contributed by atoms with E-state index in [0.29, 0.717) is 12.8 Å². The summed E-state index contributed by atoms with van der Waals surface area (Å²) < 4.78 is 34.0. The Labute approximate surface area is 224 Å². The maximum Gasteiger partial charge on any atom is 0.451 e. The summed E-state index contributed by atoms with van der Waals surface area (Å²) in [6, 6.07) is 12.0. The van der Waals surface area contributed by atoms with Gasteiger partial charge in [0.2, 0.25) is 6.34 Å². The smallest absolute Gasteiger partial charge is 0.444 e. The van der Waals surface area contributed by atoms with Crippen molar-refractivity contribution in [2.45, 2.75) is 44.1 Å². The molecule has 11 heteroatoms. The highest BCUT2D eigenvalue weighted by Gasteiger charge is 2.54. The number of rotatable bonds is 6. The number of hydrazone groups is 1. The first-order valence-corrected chi connectivity index (χ1v) is 12.9. The number of benzene rings is 2. The molecule has 1 unspecified atom stereocenters. The van der Waals surface area contributed by atoms with Crippen LogP contribution in [-0.2, 0) is 9.61 Å². The first-order chi connectivity index (χ1) is 17.9. The second-order valence-electron chi connectivity index (χ2n) is 10.1. The Morgan fingerprint density at radius 3 is 2.55 bits per heavy atom. The number of urea groups is 1. The molecule has 38 heavy (non-hydrogen) atoms. The summed E-state index contributed by atoms with van der Waals surface area (Å²) in [5.41, 5.74) is 0.0742. The first kappa shape index (κ1) is 27.5. The number of carbonyl (C=O) groups is 2. The Bertz CT molecular complexity index is 1300. The van der Waals surface area contributed by atoms with Crippen molar-refractivity contribution in [3.05, 3.63) is 83.7 Å². The van der Waals surface area contributed by atoms with Gasteiger partial charge < -0.3 is 10.1 Å². The molecule has 0 fully saturated rings. The van der Waals surface area contributed by atoms with E-state index >= 15 is 0 Å². The lowest BCUT2D eigenvalue weighted by atomic mass is 10.0. The summed E-state index contributed by atoms with van der Waals surface area (Å²) in [5, 5.41) is 8.82. The summed E-state index contributed by atoms with van der Waals surface area (Å²) in [6.45, 7) is 5.60. The summed E-state index contributed by atoms with van der Waals surface area (Å²) in [4.78, 5) is 29.1. The number of halogens is 2. The quantitative estimate of drug-likeness (QED) is 0.363. The average molecular weight is 543 g/mol. The van der Waals surface area contributed by atoms with Gasteiger partial charge in [-0.15, -0.1) is 0 Å². The van der Waals surface area contributed by atoms with Crippen LogP contribution in [0.3, 0.4) is 0 Å². The van der Waals surface area contributed by atoms with E-state index in [4.69, 9.17) is 4.74 Å². The molecule has 8 nitrogen and oxygen atoms in total. The van der Waals surface area contributed by atoms with Gasteiger partial charge in [-0.25, -0.2) is 23.4 Å². The Morgan fingerprint density at radius 1 is 1.16 bits per heavy atom. The van der Waals surface area contributed by atoms with Gasteiger partial charge in [-0.1, -0.05) is 42.1 Å². The van der Waals surface area contributed by atoms with E-state index < -0.39 is 34.2 Å². The van der Waals surface area contributed by atoms with Crippen molar-refractivity contribution in [3.63, 3.8) is 0 Å². The van der Waals surface area contributed by atoms with E-state index in [9.17, 15) is 18.4 Å². The molecule has 2 aliphatic heterocycles. The van der Waals surface area contributed by atoms with Gasteiger partial charge >= 0.3 is 12.1 Å². The summed E-state index contributed by atoms with van der Waals surface area (Å²) in [7, 11) is 1.66. The molecule has 1 N–H and O–H groups in total. The van der Waals surface area contributed by atoms with Crippen molar-refractivity contribution < 1.29 is 27.6 Å². The fourth-order valence-corrected chi connectivity index (χ4v) is 5.50. The predicted molar refractivity (Wildman–Crippen MR) is 143 cm³/mol. The number of carbonyl (C=O) groups excluding carboxylic acids is 2. The van der Waals surface area contributed by atoms with Crippen LogP contribution in [0.5, 0.6) is 0 Å². The van der Waals surface area contributed by atoms with E-state index in [1.54, 1.807) is 34.0 Å². The Balaban J connectivity index is 1.71. The molecule has 2 aromatic rings. The van der Waals surface area contributed by atoms with Crippen LogP contribution >= 0.6 is 11.8 Å². The molecule has 0 saturated heterocycles. The third-order valence-electron chi connectivity index (χ3n) is 5.91. The van der Waals surface area contributed by atoms with Crippen LogP contribution in [0.15, 0.2) is 71.0 Å². The molecule has 2 atom stereocenters. The predicted octanol–water partition coefficient (Wildman–Crippen LogP) is 5.91. The molecule has 2 aliphatic rings. The largest absolute Gasteiger partial charge is 0.451 e. The van der Waals surface area contributed by atoms with Gasteiger partial charge in [-0.2, -0.15) is 14.6 Å². The molecular weight excluding hydrogens is 512 g/mol. The molecule has 2 aromatic carbocycles. The van der Waals surface area contributed by atoms with Gasteiger partial charge in [0.05, 0.1) is 13.2 Å². The van der Waals surface area contributed by atoms with Gasteiger partial charge in [0.25, 0.3) is 0 Å². The molecule has 200 valence electrons. The zero-order valence-electron chi connectivity index (χ0n) is 21.6. The first-order valence-electron chi connectivity index (χ1n) is 12.1. The van der Waals surface area contributed by atoms with Crippen LogP contribution in [0.1, 0.15) is 44.7 Å². The number of nitrogens with zero attached hydrogens (tertiary/aromatic N) is 4. The van der Waals surface area contributed by atoms with Crippen molar-refractivity contribution in [1.29, 1.82) is 0 Å². The minimum Gasteiger partial charge on any atom is -0.444 e. The van der Waals surface area contributed by atoms with Crippen LogP contribution in [0.4, 0.5) is 18.4 Å². The third kappa shape index (κ3) is 5.78. The summed E-state index contributed by atoms with van der Waals surface area (Å²) in [6.07, 6.45) is 4.84. The van der Waals surface area contributed by atoms with Gasteiger partial charge in [0.1, 0.15) is 33.4 Å². The molecule has 3 amide bonds. The van der Waals surface area contributed by atoms with E-state index in [1.807, 2.05) is 30.3 Å². The lowest BCUT2D eigenvalue weighted by molar-refractivity contribution is -0.671. The van der Waals surface area contributed by atoms with E-state index in [0.717, 1.165) is 23.8 Å². The minimum atomic E-state index is -1.10. The number of hydrogen-bond acceptors (Lipinski definition) is 6. The molecular formula is C27H30F2N5O3S+. The molecule has 0 spiro atoms. The number of nitrogens with one attached hydrogen (secondary N) is 1. The van der Waals surface area contributed by atoms with Crippen LogP contribution < -0.4 is 5.32 Å². The highest BCUT2D eigenvalue weighted by atomic mass is 32.2. The zero-order chi connectivity index (χ0) is 27.6. The number of amides is 3. The number of aliphatic imine (C=N–C) groups is 1. The third-order valence-corrected chi connectivity index (χ3v) is 7.35. The Morgan fingerprint density at radius 2 is 1.89 bits per heavy atom. The number of alkyl carbamates (subject to hydrolysis) is 1. The highest BCUT2D eigenvalue weighted by molar-refractivity contribution is 8.15. The van der Waals surface area contributed by atoms with Crippen molar-refractivity contribution in [2.24, 2.45) is 10.1 Å². The normalized spacial score (nSPS) is 22.5. The number of hydrogen-bond donors (Lipinski definition) is 1. The standard InChI is InChI=1S/C27H29F2N5O3S/c1-26(2,3)37-24(35)31-14-8-13-27(19-9-6-5-7-10-19)33(25(36)34(4)16-15-30-18-34)32-23(38-27)21-17-20(28)11-12-22(21)29/h5-7,9-12,15-18H,8,13-14H2,1-4H3/p+1/t27-,34?/m0/s1. The fraction of sp³-hybridized carbons (Fsp3) is 0.333. The van der Waals surface area contributed by atoms with Crippen molar-refractivity contribution in [3.8, 4) is 0 Å². The van der Waals surface area contributed by atoms with Crippen molar-refractivity contribution >= 4 is 35.3 Å². The molecule has 0 saturated carbocycles. The topological polar surface area (TPSA) is 83.4 Å². The molecule has 0 aliphatic carbocycles. The van der Waals surface area contributed by atoms with Crippen LogP contribution in [0.25, 0.3) is 0 Å². The second kappa shape index (κ2) is 10.7. The highest BCUT2D eigenvalue weighted by Crippen LogP contribution is 2.51. The SMILES string of the molecule is CC(C)(C)OC(=O)NCCC[C@@]1(c2ccccc2)SC(c2cc(F)ccc2F)=NN1C(=O)[N+]1(C)C=CN=C1. The lowest BCUT2D eigenvalue weighted by Crippen LogP contribution is -2.53. The van der Waals surface area contributed by atoms with E-state index in [1.165, 1.54) is 29.3 Å². The lowest BCUT2D eigenvalue weighted by Gasteiger charge is -2.37. The number of quaternary nitrogens is 1. The van der Waals surface area contributed by atoms with Crippen LogP contribution in [0, 0.1) is 11.6 Å². The monoisotopic (exact) mass is 542 g/mol.